The molecule has 4 nitrogen and oxygen atoms in total. The van der Waals surface area contributed by atoms with Gasteiger partial charge < -0.3 is 0 Å². The van der Waals surface area contributed by atoms with Crippen molar-refractivity contribution in [3.8, 4) is 0 Å². The van der Waals surface area contributed by atoms with Gasteiger partial charge in [0.1, 0.15) is 0 Å². The third-order valence-electron chi connectivity index (χ3n) is 0.539. The van der Waals surface area contributed by atoms with Crippen molar-refractivity contribution in [1.82, 2.24) is 0 Å². The molecule has 0 amide bonds. The Morgan fingerprint density at radius 1 is 1.14 bits per heavy atom. The minimum atomic E-state index is -4.19. The monoisotopic (exact) mass is 172 g/mol. The second-order valence-electron chi connectivity index (χ2n) is 1.05. The van der Waals surface area contributed by atoms with Gasteiger partial charge in [-0.2, -0.15) is 0 Å². The molecule has 1 aliphatic heterocycles. The van der Waals surface area contributed by atoms with Crippen molar-refractivity contribution < 1.29 is 15.3 Å². The molecule has 1 aliphatic rings. The first kappa shape index (κ1) is 5.18. The molecule has 0 saturated carbocycles. The van der Waals surface area contributed by atoms with E-state index in [9.17, 15) is 7.67 Å². The number of rotatable bonds is 0. The molecule has 1 heterocycles. The summed E-state index contributed by atoms with van der Waals surface area (Å²) in [6.07, 6.45) is 0. The summed E-state index contributed by atoms with van der Waals surface area (Å²) in [5.41, 5.74) is 0. The first-order valence-corrected chi connectivity index (χ1v) is 4.54. The molecular formula is C2H4O4Se. The zero-order valence-corrected chi connectivity index (χ0v) is 5.17. The third-order valence-corrected chi connectivity index (χ3v) is 2.45. The van der Waals surface area contributed by atoms with Crippen LogP contribution in [0.3, 0.4) is 0 Å². The summed E-state index contributed by atoms with van der Waals surface area (Å²) < 4.78 is 28.4. The summed E-state index contributed by atoms with van der Waals surface area (Å²) in [6.45, 7) is 0.375. The number of hydrogen-bond donors (Lipinski definition) is 0. The molecule has 0 radical (unpaired) electrons. The zero-order valence-electron chi connectivity index (χ0n) is 3.46. The molecule has 0 N–H and O–H groups in total. The maximum absolute atomic E-state index is 10.1. The fourth-order valence-electron chi connectivity index (χ4n) is 0.306. The van der Waals surface area contributed by atoms with Gasteiger partial charge in [-0.25, -0.2) is 0 Å². The van der Waals surface area contributed by atoms with E-state index in [0.29, 0.717) is 0 Å². The van der Waals surface area contributed by atoms with Crippen molar-refractivity contribution in [2.75, 3.05) is 13.2 Å². The summed E-state index contributed by atoms with van der Waals surface area (Å²) in [6, 6.07) is 0. The molecule has 1 saturated heterocycles. The molecule has 1 fully saturated rings. The van der Waals surface area contributed by atoms with E-state index in [1.165, 1.54) is 0 Å². The summed E-state index contributed by atoms with van der Waals surface area (Å²) in [5.74, 6) is 0. The molecule has 0 aromatic carbocycles. The van der Waals surface area contributed by atoms with E-state index in [1.54, 1.807) is 0 Å². The van der Waals surface area contributed by atoms with Gasteiger partial charge in [-0.1, -0.05) is 0 Å². The van der Waals surface area contributed by atoms with Crippen molar-refractivity contribution in [3.63, 3.8) is 0 Å². The van der Waals surface area contributed by atoms with Gasteiger partial charge in [-0.3, -0.25) is 0 Å². The van der Waals surface area contributed by atoms with E-state index in [0.717, 1.165) is 0 Å². The molecule has 0 aliphatic carbocycles. The Morgan fingerprint density at radius 2 is 1.57 bits per heavy atom. The Labute approximate surface area is 42.7 Å². The number of hydrogen-bond acceptors (Lipinski definition) is 4. The van der Waals surface area contributed by atoms with E-state index in [4.69, 9.17) is 0 Å². The predicted octanol–water partition coefficient (Wildman–Crippen LogP) is -0.670. The van der Waals surface area contributed by atoms with Gasteiger partial charge in [0.15, 0.2) is 0 Å². The van der Waals surface area contributed by atoms with Crippen LogP contribution in [-0.2, 0) is 15.3 Å². The van der Waals surface area contributed by atoms with E-state index in [2.05, 4.69) is 7.64 Å². The van der Waals surface area contributed by atoms with Crippen molar-refractivity contribution in [2.24, 2.45) is 0 Å². The van der Waals surface area contributed by atoms with E-state index >= 15 is 0 Å². The Hall–Kier alpha value is 0.0395. The quantitative estimate of drug-likeness (QED) is 0.453. The van der Waals surface area contributed by atoms with Crippen LogP contribution in [0.4, 0.5) is 0 Å². The average molecular weight is 171 g/mol. The molecule has 0 aromatic rings. The van der Waals surface area contributed by atoms with Crippen molar-refractivity contribution in [1.29, 1.82) is 0 Å². The topological polar surface area (TPSA) is 52.6 Å². The third kappa shape index (κ3) is 1.21. The SMILES string of the molecule is O=[Se]1(=O)OCCO1. The molecule has 5 heteroatoms. The predicted molar refractivity (Wildman–Crippen MR) is 19.0 cm³/mol. The molecule has 0 spiro atoms. The van der Waals surface area contributed by atoms with Crippen LogP contribution in [0.1, 0.15) is 0 Å². The Bertz CT molecular complexity index is 133. The zero-order chi connectivity index (χ0) is 5.33. The van der Waals surface area contributed by atoms with Crippen LogP contribution in [0, 0.1) is 0 Å². The Balaban J connectivity index is 2.76. The van der Waals surface area contributed by atoms with Crippen LogP contribution in [0.2, 0.25) is 0 Å². The molecule has 0 bridgehead atoms. The van der Waals surface area contributed by atoms with Crippen LogP contribution in [0.25, 0.3) is 0 Å². The molecule has 0 unspecified atom stereocenters. The van der Waals surface area contributed by atoms with E-state index in [1.807, 2.05) is 0 Å². The molecule has 0 atom stereocenters. The standard InChI is InChI=1S/C2H4O4Se/c3-7(4)5-1-2-6-7/h1-2H2. The summed E-state index contributed by atoms with van der Waals surface area (Å²) >= 11 is -4.19. The molecule has 7 heavy (non-hydrogen) atoms. The van der Waals surface area contributed by atoms with E-state index in [-0.39, 0.29) is 13.2 Å². The van der Waals surface area contributed by atoms with Gasteiger partial charge >= 0.3 is 41.9 Å². The fourth-order valence-corrected chi connectivity index (χ4v) is 1.59. The normalized spacial score (nSPS) is 28.0. The average Bonchev–Trinajstić information content (AvgIpc) is 1.84. The second-order valence-corrected chi connectivity index (χ2v) is 3.75. The van der Waals surface area contributed by atoms with Crippen molar-refractivity contribution in [3.05, 3.63) is 0 Å². The van der Waals surface area contributed by atoms with Gasteiger partial charge in [-0.05, 0) is 0 Å². The maximum atomic E-state index is 10.1. The van der Waals surface area contributed by atoms with Crippen LogP contribution in [0.15, 0.2) is 0 Å². The molecular weight excluding hydrogens is 167 g/mol. The Kier molecular flexibility index (Phi) is 1.13. The molecule has 1 rings (SSSR count). The van der Waals surface area contributed by atoms with Crippen LogP contribution in [0.5, 0.6) is 0 Å². The van der Waals surface area contributed by atoms with Gasteiger partial charge in [0, 0.05) is 0 Å². The van der Waals surface area contributed by atoms with Crippen LogP contribution < -0.4 is 0 Å². The van der Waals surface area contributed by atoms with E-state index < -0.39 is 13.4 Å². The molecule has 42 valence electrons. The second kappa shape index (κ2) is 1.52. The summed E-state index contributed by atoms with van der Waals surface area (Å²) in [7, 11) is 0. The first-order chi connectivity index (χ1) is 3.21. The first-order valence-electron chi connectivity index (χ1n) is 1.74. The summed E-state index contributed by atoms with van der Waals surface area (Å²) in [5, 5.41) is 0. The minimum absolute atomic E-state index is 0.188. The Morgan fingerprint density at radius 3 is 1.71 bits per heavy atom. The van der Waals surface area contributed by atoms with Crippen LogP contribution >= 0.6 is 0 Å². The van der Waals surface area contributed by atoms with Crippen molar-refractivity contribution >= 4 is 13.4 Å². The van der Waals surface area contributed by atoms with Crippen LogP contribution in [-0.4, -0.2) is 26.6 Å². The molecule has 0 aromatic heterocycles. The summed E-state index contributed by atoms with van der Waals surface area (Å²) in [4.78, 5) is 0. The van der Waals surface area contributed by atoms with Gasteiger partial charge in [0.2, 0.25) is 0 Å². The fraction of sp³-hybridized carbons (Fsp3) is 1.00. The van der Waals surface area contributed by atoms with Crippen molar-refractivity contribution in [2.45, 2.75) is 0 Å². The van der Waals surface area contributed by atoms with Gasteiger partial charge in [-0.15, -0.1) is 0 Å². The van der Waals surface area contributed by atoms with Gasteiger partial charge in [0.25, 0.3) is 0 Å². The van der Waals surface area contributed by atoms with Gasteiger partial charge in [0.05, 0.1) is 0 Å².